The monoisotopic (exact) mass is 291 g/mol. The Morgan fingerprint density at radius 3 is 2.60 bits per heavy atom. The van der Waals surface area contributed by atoms with E-state index in [0.29, 0.717) is 0 Å². The minimum Gasteiger partial charge on any atom is -0.355 e. The van der Waals surface area contributed by atoms with Crippen molar-refractivity contribution in [3.63, 3.8) is 0 Å². The molecule has 1 saturated carbocycles. The van der Waals surface area contributed by atoms with Gasteiger partial charge in [-0.25, -0.2) is 0 Å². The van der Waals surface area contributed by atoms with E-state index in [0.717, 1.165) is 30.9 Å². The van der Waals surface area contributed by atoms with Crippen LogP contribution in [0.5, 0.6) is 0 Å². The molecule has 3 heteroatoms. The number of carbonyl (C=O) groups excluding carboxylic acids is 1. The van der Waals surface area contributed by atoms with Crippen molar-refractivity contribution >= 4 is 17.7 Å². The number of hydrogen-bond donors (Lipinski definition) is 1. The van der Waals surface area contributed by atoms with Crippen LogP contribution in [0.1, 0.15) is 43.2 Å². The second kappa shape index (κ2) is 8.35. The molecule has 2 rings (SSSR count). The van der Waals surface area contributed by atoms with E-state index < -0.39 is 0 Å². The van der Waals surface area contributed by atoms with Crippen LogP contribution in [0, 0.1) is 12.8 Å². The number of hydrogen-bond acceptors (Lipinski definition) is 2. The highest BCUT2D eigenvalue weighted by Gasteiger charge is 2.20. The van der Waals surface area contributed by atoms with Crippen LogP contribution in [-0.4, -0.2) is 18.2 Å². The minimum atomic E-state index is 0.278. The lowest BCUT2D eigenvalue weighted by atomic mass is 9.89. The van der Waals surface area contributed by atoms with Gasteiger partial charge in [-0.2, -0.15) is 11.8 Å². The van der Waals surface area contributed by atoms with Gasteiger partial charge in [-0.1, -0.05) is 49.1 Å². The summed E-state index contributed by atoms with van der Waals surface area (Å²) in [6.07, 6.45) is 5.92. The number of nitrogens with one attached hydrogen (secondary N) is 1. The third-order valence-electron chi connectivity index (χ3n) is 3.91. The van der Waals surface area contributed by atoms with Crippen LogP contribution >= 0.6 is 11.8 Å². The van der Waals surface area contributed by atoms with Gasteiger partial charge in [0, 0.05) is 24.0 Å². The number of aryl methyl sites for hydroxylation is 1. The lowest BCUT2D eigenvalue weighted by Gasteiger charge is -2.20. The van der Waals surface area contributed by atoms with Crippen molar-refractivity contribution in [2.45, 2.75) is 44.8 Å². The van der Waals surface area contributed by atoms with E-state index in [4.69, 9.17) is 0 Å². The SMILES string of the molecule is Cc1ccc(CSCCNC(=O)C2CCCCC2)cc1. The summed E-state index contributed by atoms with van der Waals surface area (Å²) in [6.45, 7) is 2.91. The molecule has 2 nitrogen and oxygen atoms in total. The Kier molecular flexibility index (Phi) is 6.44. The Morgan fingerprint density at radius 2 is 1.90 bits per heavy atom. The van der Waals surface area contributed by atoms with Crippen molar-refractivity contribution in [1.82, 2.24) is 5.32 Å². The van der Waals surface area contributed by atoms with Crippen molar-refractivity contribution in [3.05, 3.63) is 35.4 Å². The van der Waals surface area contributed by atoms with Gasteiger partial charge >= 0.3 is 0 Å². The maximum absolute atomic E-state index is 11.9. The Morgan fingerprint density at radius 1 is 1.20 bits per heavy atom. The van der Waals surface area contributed by atoms with Gasteiger partial charge in [0.1, 0.15) is 0 Å². The fourth-order valence-corrected chi connectivity index (χ4v) is 3.45. The molecule has 20 heavy (non-hydrogen) atoms. The van der Waals surface area contributed by atoms with Crippen molar-refractivity contribution in [1.29, 1.82) is 0 Å². The van der Waals surface area contributed by atoms with E-state index in [2.05, 4.69) is 36.5 Å². The molecule has 0 spiro atoms. The first-order chi connectivity index (χ1) is 9.75. The lowest BCUT2D eigenvalue weighted by molar-refractivity contribution is -0.125. The first-order valence-corrected chi connectivity index (χ1v) is 8.82. The number of rotatable bonds is 6. The van der Waals surface area contributed by atoms with Gasteiger partial charge in [-0.05, 0) is 25.3 Å². The number of benzene rings is 1. The van der Waals surface area contributed by atoms with Gasteiger partial charge in [-0.3, -0.25) is 4.79 Å². The average Bonchev–Trinajstić information content (AvgIpc) is 2.49. The van der Waals surface area contributed by atoms with Crippen LogP contribution in [0.3, 0.4) is 0 Å². The molecule has 1 aromatic rings. The molecule has 1 aromatic carbocycles. The summed E-state index contributed by atoms with van der Waals surface area (Å²) in [4.78, 5) is 11.9. The quantitative estimate of drug-likeness (QED) is 0.805. The zero-order chi connectivity index (χ0) is 14.2. The average molecular weight is 291 g/mol. The highest BCUT2D eigenvalue weighted by atomic mass is 32.2. The first kappa shape index (κ1) is 15.4. The molecule has 0 saturated heterocycles. The molecular formula is C17H25NOS. The molecule has 0 heterocycles. The fraction of sp³-hybridized carbons (Fsp3) is 0.588. The summed E-state index contributed by atoms with van der Waals surface area (Å²) in [5.41, 5.74) is 2.66. The number of carbonyl (C=O) groups is 1. The van der Waals surface area contributed by atoms with Gasteiger partial charge in [0.2, 0.25) is 5.91 Å². The highest BCUT2D eigenvalue weighted by molar-refractivity contribution is 7.98. The Hall–Kier alpha value is -0.960. The predicted molar refractivity (Wildman–Crippen MR) is 86.9 cm³/mol. The van der Waals surface area contributed by atoms with Gasteiger partial charge in [-0.15, -0.1) is 0 Å². The predicted octanol–water partition coefficient (Wildman–Crippen LogP) is 3.92. The van der Waals surface area contributed by atoms with E-state index in [1.54, 1.807) is 0 Å². The third kappa shape index (κ3) is 5.20. The first-order valence-electron chi connectivity index (χ1n) is 7.67. The van der Waals surface area contributed by atoms with Crippen LogP contribution in [0.25, 0.3) is 0 Å². The van der Waals surface area contributed by atoms with E-state index in [-0.39, 0.29) is 11.8 Å². The molecule has 0 radical (unpaired) electrons. The molecule has 1 amide bonds. The smallest absolute Gasteiger partial charge is 0.223 e. The normalized spacial score (nSPS) is 16.1. The third-order valence-corrected chi connectivity index (χ3v) is 4.94. The van der Waals surface area contributed by atoms with Crippen molar-refractivity contribution in [3.8, 4) is 0 Å². The van der Waals surface area contributed by atoms with E-state index in [1.807, 2.05) is 11.8 Å². The van der Waals surface area contributed by atoms with E-state index >= 15 is 0 Å². The van der Waals surface area contributed by atoms with Crippen LogP contribution in [0.15, 0.2) is 24.3 Å². The molecule has 1 fully saturated rings. The minimum absolute atomic E-state index is 0.278. The maximum atomic E-state index is 11.9. The van der Waals surface area contributed by atoms with Gasteiger partial charge in [0.25, 0.3) is 0 Å². The molecule has 0 aliphatic heterocycles. The maximum Gasteiger partial charge on any atom is 0.223 e. The molecule has 1 N–H and O–H groups in total. The van der Waals surface area contributed by atoms with E-state index in [9.17, 15) is 4.79 Å². The van der Waals surface area contributed by atoms with Crippen LogP contribution in [0.2, 0.25) is 0 Å². The Balaban J connectivity index is 1.57. The lowest BCUT2D eigenvalue weighted by Crippen LogP contribution is -2.33. The molecule has 0 bridgehead atoms. The van der Waals surface area contributed by atoms with Gasteiger partial charge in [0.15, 0.2) is 0 Å². The summed E-state index contributed by atoms with van der Waals surface area (Å²) < 4.78 is 0. The van der Waals surface area contributed by atoms with Crippen molar-refractivity contribution < 1.29 is 4.79 Å². The molecule has 1 aliphatic rings. The summed E-state index contributed by atoms with van der Waals surface area (Å²) in [6, 6.07) is 8.67. The Bertz CT molecular complexity index is 410. The zero-order valence-corrected chi connectivity index (χ0v) is 13.2. The van der Waals surface area contributed by atoms with Crippen molar-refractivity contribution in [2.75, 3.05) is 12.3 Å². The van der Waals surface area contributed by atoms with Crippen molar-refractivity contribution in [2.24, 2.45) is 5.92 Å². The standard InChI is InChI=1S/C17H25NOS/c1-14-7-9-15(10-8-14)13-20-12-11-18-17(19)16-5-3-2-4-6-16/h7-10,16H,2-6,11-13H2,1H3,(H,18,19). The highest BCUT2D eigenvalue weighted by Crippen LogP contribution is 2.23. The van der Waals surface area contributed by atoms with Gasteiger partial charge < -0.3 is 5.32 Å². The van der Waals surface area contributed by atoms with Gasteiger partial charge in [0.05, 0.1) is 0 Å². The summed E-state index contributed by atoms with van der Waals surface area (Å²) in [5.74, 6) is 2.58. The second-order valence-electron chi connectivity index (χ2n) is 5.66. The van der Waals surface area contributed by atoms with Crippen LogP contribution in [-0.2, 0) is 10.5 Å². The second-order valence-corrected chi connectivity index (χ2v) is 6.77. The van der Waals surface area contributed by atoms with Crippen LogP contribution in [0.4, 0.5) is 0 Å². The molecule has 0 atom stereocenters. The summed E-state index contributed by atoms with van der Waals surface area (Å²) in [5, 5.41) is 3.09. The molecular weight excluding hydrogens is 266 g/mol. The Labute approximate surface area is 126 Å². The number of amides is 1. The fourth-order valence-electron chi connectivity index (χ4n) is 2.63. The molecule has 1 aliphatic carbocycles. The largest absolute Gasteiger partial charge is 0.355 e. The number of thioether (sulfide) groups is 1. The molecule has 0 unspecified atom stereocenters. The topological polar surface area (TPSA) is 29.1 Å². The molecule has 0 aromatic heterocycles. The summed E-state index contributed by atoms with van der Waals surface area (Å²) >= 11 is 1.89. The zero-order valence-electron chi connectivity index (χ0n) is 12.4. The molecule has 110 valence electrons. The van der Waals surface area contributed by atoms with E-state index in [1.165, 1.54) is 30.4 Å². The van der Waals surface area contributed by atoms with Crippen LogP contribution < -0.4 is 5.32 Å². The summed E-state index contributed by atoms with van der Waals surface area (Å²) in [7, 11) is 0.